The Bertz CT molecular complexity index is 308. The van der Waals surface area contributed by atoms with Gasteiger partial charge in [-0.15, -0.1) is 0 Å². The third kappa shape index (κ3) is 3.06. The summed E-state index contributed by atoms with van der Waals surface area (Å²) in [5, 5.41) is 0. The monoisotopic (exact) mass is 187 g/mol. The minimum absolute atomic E-state index is 0.0901. The van der Waals surface area contributed by atoms with Crippen molar-refractivity contribution < 1.29 is 18.4 Å². The lowest BCUT2D eigenvalue weighted by Gasteiger charge is -2.04. The van der Waals surface area contributed by atoms with Crippen LogP contribution in [0, 0.1) is 11.6 Å². The molecule has 0 saturated heterocycles. The summed E-state index contributed by atoms with van der Waals surface area (Å²) < 4.78 is 25.0. The Labute approximate surface area is 73.3 Å². The van der Waals surface area contributed by atoms with Gasteiger partial charge in [0, 0.05) is 25.1 Å². The molecule has 0 aliphatic rings. The first-order valence-corrected chi connectivity index (χ1v) is 3.47. The number of hydroxylamine groups is 1. The van der Waals surface area contributed by atoms with E-state index in [0.29, 0.717) is 6.07 Å². The van der Waals surface area contributed by atoms with Gasteiger partial charge in [0.25, 0.3) is 0 Å². The van der Waals surface area contributed by atoms with Gasteiger partial charge in [-0.05, 0) is 0 Å². The number of rotatable bonds is 2. The normalized spacial score (nSPS) is 9.46. The highest BCUT2D eigenvalue weighted by Crippen LogP contribution is 2.14. The van der Waals surface area contributed by atoms with Crippen LogP contribution in [0.4, 0.5) is 8.78 Å². The van der Waals surface area contributed by atoms with Crippen LogP contribution in [0.2, 0.25) is 0 Å². The van der Waals surface area contributed by atoms with E-state index in [1.165, 1.54) is 6.92 Å². The number of benzene rings is 1. The first kappa shape index (κ1) is 9.44. The van der Waals surface area contributed by atoms with Crippen LogP contribution >= 0.6 is 0 Å². The molecule has 0 aliphatic heterocycles. The van der Waals surface area contributed by atoms with E-state index in [2.05, 4.69) is 4.84 Å². The van der Waals surface area contributed by atoms with Crippen molar-refractivity contribution in [3.63, 3.8) is 0 Å². The first-order chi connectivity index (χ1) is 6.08. The second kappa shape index (κ2) is 3.84. The van der Waals surface area contributed by atoms with E-state index >= 15 is 0 Å². The molecule has 0 unspecified atom stereocenters. The molecule has 0 fully saturated rings. The molecule has 5 heteroatoms. The Morgan fingerprint density at radius 2 is 1.85 bits per heavy atom. The summed E-state index contributed by atoms with van der Waals surface area (Å²) in [6, 6.07) is 2.62. The fourth-order valence-electron chi connectivity index (χ4n) is 0.718. The smallest absolute Gasteiger partial charge is 0.249 e. The van der Waals surface area contributed by atoms with Crippen LogP contribution < -0.4 is 10.3 Å². The maximum atomic E-state index is 12.5. The molecule has 0 aromatic heterocycles. The van der Waals surface area contributed by atoms with Crippen molar-refractivity contribution in [3.05, 3.63) is 29.8 Å². The predicted molar refractivity (Wildman–Crippen MR) is 40.8 cm³/mol. The lowest BCUT2D eigenvalue weighted by molar-refractivity contribution is -0.125. The Hall–Kier alpha value is -1.65. The van der Waals surface area contributed by atoms with Crippen LogP contribution in [0.1, 0.15) is 6.92 Å². The van der Waals surface area contributed by atoms with Crippen LogP contribution in [-0.4, -0.2) is 5.91 Å². The third-order valence-corrected chi connectivity index (χ3v) is 1.15. The molecule has 1 amide bonds. The first-order valence-electron chi connectivity index (χ1n) is 3.47. The molecule has 0 bridgehead atoms. The van der Waals surface area contributed by atoms with E-state index in [4.69, 9.17) is 0 Å². The van der Waals surface area contributed by atoms with Gasteiger partial charge in [0.1, 0.15) is 11.6 Å². The maximum Gasteiger partial charge on any atom is 0.249 e. The zero-order valence-electron chi connectivity index (χ0n) is 6.80. The molecular weight excluding hydrogens is 180 g/mol. The van der Waals surface area contributed by atoms with Crippen molar-refractivity contribution in [2.75, 3.05) is 0 Å². The van der Waals surface area contributed by atoms with Crippen molar-refractivity contribution >= 4 is 5.91 Å². The molecule has 1 aromatic carbocycles. The molecule has 0 saturated carbocycles. The highest BCUT2D eigenvalue weighted by atomic mass is 19.1. The van der Waals surface area contributed by atoms with Crippen molar-refractivity contribution in [1.29, 1.82) is 0 Å². The maximum absolute atomic E-state index is 12.5. The van der Waals surface area contributed by atoms with Gasteiger partial charge in [-0.25, -0.2) is 8.78 Å². The van der Waals surface area contributed by atoms with Crippen molar-refractivity contribution in [3.8, 4) is 5.75 Å². The van der Waals surface area contributed by atoms with Crippen molar-refractivity contribution in [2.24, 2.45) is 0 Å². The predicted octanol–water partition coefficient (Wildman–Crippen LogP) is 1.39. The van der Waals surface area contributed by atoms with E-state index in [0.717, 1.165) is 12.1 Å². The second-order valence-corrected chi connectivity index (χ2v) is 2.37. The number of hydrogen-bond acceptors (Lipinski definition) is 2. The van der Waals surface area contributed by atoms with E-state index in [1.54, 1.807) is 0 Å². The second-order valence-electron chi connectivity index (χ2n) is 2.37. The summed E-state index contributed by atoms with van der Waals surface area (Å²) in [7, 11) is 0. The minimum atomic E-state index is -0.764. The average Bonchev–Trinajstić information content (AvgIpc) is 1.99. The molecule has 1 N–H and O–H groups in total. The topological polar surface area (TPSA) is 38.3 Å². The van der Waals surface area contributed by atoms with Gasteiger partial charge in [0.05, 0.1) is 0 Å². The molecule has 70 valence electrons. The Morgan fingerprint density at radius 1 is 1.31 bits per heavy atom. The van der Waals surface area contributed by atoms with Crippen LogP contribution in [0.25, 0.3) is 0 Å². The lowest BCUT2D eigenvalue weighted by Crippen LogP contribution is -2.23. The Kier molecular flexibility index (Phi) is 2.79. The molecule has 0 heterocycles. The van der Waals surface area contributed by atoms with Crippen LogP contribution in [0.3, 0.4) is 0 Å². The van der Waals surface area contributed by atoms with Gasteiger partial charge in [0.2, 0.25) is 5.91 Å². The molecule has 13 heavy (non-hydrogen) atoms. The molecule has 1 rings (SSSR count). The Balaban J connectivity index is 2.71. The van der Waals surface area contributed by atoms with Crippen LogP contribution in [0.5, 0.6) is 5.75 Å². The summed E-state index contributed by atoms with van der Waals surface area (Å²) >= 11 is 0. The van der Waals surface area contributed by atoms with Crippen molar-refractivity contribution in [2.45, 2.75) is 6.92 Å². The number of carbonyl (C=O) groups is 1. The SMILES string of the molecule is CC(=O)NOc1cc(F)cc(F)c1. The number of hydrogen-bond donors (Lipinski definition) is 1. The largest absolute Gasteiger partial charge is 0.379 e. The van der Waals surface area contributed by atoms with Gasteiger partial charge in [-0.1, -0.05) is 0 Å². The number of halogens is 2. The molecule has 0 atom stereocenters. The van der Waals surface area contributed by atoms with Crippen LogP contribution in [-0.2, 0) is 4.79 Å². The highest BCUT2D eigenvalue weighted by molar-refractivity contribution is 5.71. The average molecular weight is 187 g/mol. The number of carbonyl (C=O) groups excluding carboxylic acids is 1. The van der Waals surface area contributed by atoms with Gasteiger partial charge in [-0.2, -0.15) is 5.48 Å². The van der Waals surface area contributed by atoms with Gasteiger partial charge in [-0.3, -0.25) is 4.79 Å². The summed E-state index contributed by atoms with van der Waals surface area (Å²) in [6.07, 6.45) is 0. The van der Waals surface area contributed by atoms with Crippen molar-refractivity contribution in [1.82, 2.24) is 5.48 Å². The number of amides is 1. The summed E-state index contributed by atoms with van der Waals surface area (Å²) in [5.41, 5.74) is 1.94. The molecule has 3 nitrogen and oxygen atoms in total. The fourth-order valence-corrected chi connectivity index (χ4v) is 0.718. The summed E-state index contributed by atoms with van der Waals surface area (Å²) in [6.45, 7) is 1.22. The molecular formula is C8H7F2NO2. The quantitative estimate of drug-likeness (QED) is 0.710. The van der Waals surface area contributed by atoms with E-state index in [9.17, 15) is 13.6 Å². The highest BCUT2D eigenvalue weighted by Gasteiger charge is 2.01. The molecule has 0 radical (unpaired) electrons. The van der Waals surface area contributed by atoms with Crippen LogP contribution in [0.15, 0.2) is 18.2 Å². The Morgan fingerprint density at radius 3 is 2.31 bits per heavy atom. The van der Waals surface area contributed by atoms with Gasteiger partial charge < -0.3 is 4.84 Å². The molecule has 0 aliphatic carbocycles. The minimum Gasteiger partial charge on any atom is -0.379 e. The zero-order valence-corrected chi connectivity index (χ0v) is 6.80. The third-order valence-electron chi connectivity index (χ3n) is 1.15. The standard InChI is InChI=1S/C8H7F2NO2/c1-5(12)11-13-8-3-6(9)2-7(10)4-8/h2-4H,1H3,(H,11,12). The summed E-state index contributed by atoms with van der Waals surface area (Å²) in [5.74, 6) is -2.07. The van der Waals surface area contributed by atoms with Gasteiger partial charge in [0.15, 0.2) is 5.75 Å². The van der Waals surface area contributed by atoms with E-state index < -0.39 is 17.5 Å². The van der Waals surface area contributed by atoms with E-state index in [-0.39, 0.29) is 5.75 Å². The van der Waals surface area contributed by atoms with Gasteiger partial charge >= 0.3 is 0 Å². The zero-order chi connectivity index (χ0) is 9.84. The fraction of sp³-hybridized carbons (Fsp3) is 0.125. The van der Waals surface area contributed by atoms with E-state index in [1.807, 2.05) is 5.48 Å². The number of nitrogens with one attached hydrogen (secondary N) is 1. The lowest BCUT2D eigenvalue weighted by atomic mass is 10.3. The molecule has 1 aromatic rings. The molecule has 0 spiro atoms. The summed E-state index contributed by atoms with van der Waals surface area (Å²) in [4.78, 5) is 14.9.